The third-order valence-corrected chi connectivity index (χ3v) is 5.62. The van der Waals surface area contributed by atoms with Crippen LogP contribution in [0.1, 0.15) is 43.4 Å². The van der Waals surface area contributed by atoms with E-state index in [9.17, 15) is 19.1 Å². The number of aryl methyl sites for hydroxylation is 1. The number of nitrogens with one attached hydrogen (secondary N) is 1. The van der Waals surface area contributed by atoms with Crippen LogP contribution in [0.5, 0.6) is 0 Å². The molecular weight excluding hydrogens is 311 g/mol. The molecule has 1 aliphatic heterocycles. The molecule has 0 aromatic heterocycles. The summed E-state index contributed by atoms with van der Waals surface area (Å²) in [6.45, 7) is 4.23. The fourth-order valence-electron chi connectivity index (χ4n) is 4.03. The molecule has 0 unspecified atom stereocenters. The van der Waals surface area contributed by atoms with Gasteiger partial charge < -0.3 is 15.3 Å². The van der Waals surface area contributed by atoms with Crippen molar-refractivity contribution in [2.75, 3.05) is 13.1 Å². The van der Waals surface area contributed by atoms with Crippen molar-refractivity contribution < 1.29 is 19.1 Å². The van der Waals surface area contributed by atoms with Crippen LogP contribution in [-0.4, -0.2) is 35.1 Å². The van der Waals surface area contributed by atoms with Gasteiger partial charge in [0, 0.05) is 13.1 Å². The molecule has 1 aromatic rings. The minimum Gasteiger partial charge on any atom is -0.481 e. The molecule has 0 spiro atoms. The maximum Gasteiger partial charge on any atom is 0.317 e. The number of carboxylic acids is 1. The molecule has 3 rings (SSSR count). The smallest absolute Gasteiger partial charge is 0.317 e. The number of fused-ring (bicyclic) bond motifs is 1. The lowest BCUT2D eigenvalue weighted by molar-refractivity contribution is -0.149. The van der Waals surface area contributed by atoms with Gasteiger partial charge in [0.25, 0.3) is 0 Å². The van der Waals surface area contributed by atoms with Gasteiger partial charge in [0.15, 0.2) is 0 Å². The number of halogens is 1. The SMILES string of the molecule is Cc1ccc([C@@H](C)NC(=O)N2C[C@@H]3CCC[C@@]3(C(=O)O)C2)cc1F. The molecule has 3 atom stereocenters. The summed E-state index contributed by atoms with van der Waals surface area (Å²) >= 11 is 0. The first-order valence-corrected chi connectivity index (χ1v) is 8.38. The largest absolute Gasteiger partial charge is 0.481 e. The highest BCUT2D eigenvalue weighted by molar-refractivity contribution is 5.80. The lowest BCUT2D eigenvalue weighted by Gasteiger charge is -2.24. The Labute approximate surface area is 140 Å². The summed E-state index contributed by atoms with van der Waals surface area (Å²) in [6, 6.07) is 4.29. The van der Waals surface area contributed by atoms with Crippen molar-refractivity contribution in [1.29, 1.82) is 0 Å². The zero-order valence-electron chi connectivity index (χ0n) is 14.0. The molecule has 1 heterocycles. The molecule has 2 fully saturated rings. The van der Waals surface area contributed by atoms with E-state index in [-0.39, 0.29) is 30.4 Å². The number of carbonyl (C=O) groups excluding carboxylic acids is 1. The summed E-state index contributed by atoms with van der Waals surface area (Å²) in [4.78, 5) is 25.8. The maximum atomic E-state index is 13.7. The van der Waals surface area contributed by atoms with E-state index in [1.807, 2.05) is 0 Å². The van der Waals surface area contributed by atoms with Gasteiger partial charge in [0.2, 0.25) is 0 Å². The number of nitrogens with zero attached hydrogens (tertiary/aromatic N) is 1. The van der Waals surface area contributed by atoms with Crippen LogP contribution in [0, 0.1) is 24.1 Å². The Kier molecular flexibility index (Phi) is 4.24. The van der Waals surface area contributed by atoms with Crippen LogP contribution in [0.3, 0.4) is 0 Å². The molecule has 0 radical (unpaired) electrons. The van der Waals surface area contributed by atoms with Crippen molar-refractivity contribution in [1.82, 2.24) is 10.2 Å². The highest BCUT2D eigenvalue weighted by Crippen LogP contribution is 2.48. The predicted molar refractivity (Wildman–Crippen MR) is 87.1 cm³/mol. The zero-order chi connectivity index (χ0) is 17.5. The summed E-state index contributed by atoms with van der Waals surface area (Å²) in [7, 11) is 0. The van der Waals surface area contributed by atoms with Crippen molar-refractivity contribution in [3.63, 3.8) is 0 Å². The number of hydrogen-bond donors (Lipinski definition) is 2. The average molecular weight is 334 g/mol. The highest BCUT2D eigenvalue weighted by Gasteiger charge is 2.55. The van der Waals surface area contributed by atoms with Crippen molar-refractivity contribution in [2.24, 2.45) is 11.3 Å². The van der Waals surface area contributed by atoms with Crippen LogP contribution in [-0.2, 0) is 4.79 Å². The van der Waals surface area contributed by atoms with E-state index in [0.29, 0.717) is 24.1 Å². The van der Waals surface area contributed by atoms with Crippen LogP contribution < -0.4 is 5.32 Å². The first-order chi connectivity index (χ1) is 11.3. The Hall–Kier alpha value is -2.11. The molecule has 1 aliphatic carbocycles. The van der Waals surface area contributed by atoms with Gasteiger partial charge in [-0.25, -0.2) is 9.18 Å². The molecule has 6 heteroatoms. The van der Waals surface area contributed by atoms with E-state index in [4.69, 9.17) is 0 Å². The monoisotopic (exact) mass is 334 g/mol. The molecule has 130 valence electrons. The molecule has 2 N–H and O–H groups in total. The quantitative estimate of drug-likeness (QED) is 0.892. The second-order valence-corrected chi connectivity index (χ2v) is 7.11. The van der Waals surface area contributed by atoms with Crippen LogP contribution >= 0.6 is 0 Å². The predicted octanol–water partition coefficient (Wildman–Crippen LogP) is 3.09. The van der Waals surface area contributed by atoms with Gasteiger partial charge in [-0.1, -0.05) is 18.6 Å². The lowest BCUT2D eigenvalue weighted by atomic mass is 9.81. The molecule has 1 saturated heterocycles. The first kappa shape index (κ1) is 16.7. The van der Waals surface area contributed by atoms with Gasteiger partial charge in [-0.15, -0.1) is 0 Å². The van der Waals surface area contributed by atoms with Crippen molar-refractivity contribution >= 4 is 12.0 Å². The summed E-state index contributed by atoms with van der Waals surface area (Å²) in [6.07, 6.45) is 2.40. The van der Waals surface area contributed by atoms with Gasteiger partial charge in [-0.3, -0.25) is 4.79 Å². The van der Waals surface area contributed by atoms with E-state index in [1.54, 1.807) is 30.9 Å². The molecule has 5 nitrogen and oxygen atoms in total. The standard InChI is InChI=1S/C18H23FN2O3/c1-11-5-6-13(8-15(11)19)12(2)20-17(24)21-9-14-4-3-7-18(14,10-21)16(22)23/h5-6,8,12,14H,3-4,7,9-10H2,1-2H3,(H,20,24)(H,22,23)/t12-,14+,18-/m1/s1. The molecular formula is C18H23FN2O3. The number of benzene rings is 1. The van der Waals surface area contributed by atoms with E-state index >= 15 is 0 Å². The molecule has 1 saturated carbocycles. The lowest BCUT2D eigenvalue weighted by Crippen LogP contribution is -2.42. The molecule has 1 aromatic carbocycles. The van der Waals surface area contributed by atoms with E-state index in [1.165, 1.54) is 6.07 Å². The number of carbonyl (C=O) groups is 2. The van der Waals surface area contributed by atoms with Crippen molar-refractivity contribution in [3.05, 3.63) is 35.1 Å². The number of rotatable bonds is 3. The van der Waals surface area contributed by atoms with Crippen LogP contribution in [0.2, 0.25) is 0 Å². The summed E-state index contributed by atoms with van der Waals surface area (Å²) in [5, 5.41) is 12.4. The molecule has 2 amide bonds. The number of likely N-dealkylation sites (tertiary alicyclic amines) is 1. The first-order valence-electron chi connectivity index (χ1n) is 8.38. The Bertz CT molecular complexity index is 678. The number of hydrogen-bond acceptors (Lipinski definition) is 2. The molecule has 24 heavy (non-hydrogen) atoms. The minimum absolute atomic E-state index is 0.0351. The fourth-order valence-corrected chi connectivity index (χ4v) is 4.03. The van der Waals surface area contributed by atoms with Gasteiger partial charge in [-0.05, 0) is 49.8 Å². The maximum absolute atomic E-state index is 13.7. The third kappa shape index (κ3) is 2.74. The van der Waals surface area contributed by atoms with Gasteiger partial charge in [-0.2, -0.15) is 0 Å². The second-order valence-electron chi connectivity index (χ2n) is 7.11. The van der Waals surface area contributed by atoms with Crippen LogP contribution in [0.15, 0.2) is 18.2 Å². The summed E-state index contributed by atoms with van der Waals surface area (Å²) in [5.74, 6) is -1.06. The summed E-state index contributed by atoms with van der Waals surface area (Å²) in [5.41, 5.74) is 0.475. The number of urea groups is 1. The Morgan fingerprint density at radius 3 is 2.83 bits per heavy atom. The minimum atomic E-state index is -0.797. The number of carboxylic acid groups (broad SMARTS) is 1. The Balaban J connectivity index is 1.67. The number of amides is 2. The van der Waals surface area contributed by atoms with E-state index in [0.717, 1.165) is 12.8 Å². The van der Waals surface area contributed by atoms with Crippen molar-refractivity contribution in [2.45, 2.75) is 39.2 Å². The van der Waals surface area contributed by atoms with E-state index < -0.39 is 11.4 Å². The highest BCUT2D eigenvalue weighted by atomic mass is 19.1. The van der Waals surface area contributed by atoms with Gasteiger partial charge in [0.1, 0.15) is 5.82 Å². The summed E-state index contributed by atoms with van der Waals surface area (Å²) < 4.78 is 13.7. The molecule has 0 bridgehead atoms. The second kappa shape index (κ2) is 6.07. The van der Waals surface area contributed by atoms with Crippen LogP contribution in [0.4, 0.5) is 9.18 Å². The van der Waals surface area contributed by atoms with Crippen molar-refractivity contribution in [3.8, 4) is 0 Å². The van der Waals surface area contributed by atoms with Gasteiger partial charge >= 0.3 is 12.0 Å². The molecule has 2 aliphatic rings. The topological polar surface area (TPSA) is 69.6 Å². The fraction of sp³-hybridized carbons (Fsp3) is 0.556. The normalized spacial score (nSPS) is 27.0. The van der Waals surface area contributed by atoms with Crippen LogP contribution in [0.25, 0.3) is 0 Å². The Morgan fingerprint density at radius 2 is 2.21 bits per heavy atom. The third-order valence-electron chi connectivity index (χ3n) is 5.62. The van der Waals surface area contributed by atoms with E-state index in [2.05, 4.69) is 5.32 Å². The number of aliphatic carboxylic acids is 1. The van der Waals surface area contributed by atoms with Gasteiger partial charge in [0.05, 0.1) is 11.5 Å². The Morgan fingerprint density at radius 1 is 1.46 bits per heavy atom. The average Bonchev–Trinajstić information content (AvgIpc) is 3.08. The zero-order valence-corrected chi connectivity index (χ0v) is 14.0.